The highest BCUT2D eigenvalue weighted by Gasteiger charge is 2.52. The van der Waals surface area contributed by atoms with Gasteiger partial charge < -0.3 is 9.47 Å². The van der Waals surface area contributed by atoms with Crippen LogP contribution < -0.4 is 15.3 Å². The molecule has 12 aromatic rings. The average molecular weight is 863 g/mol. The van der Waals surface area contributed by atoms with Crippen LogP contribution in [0.25, 0.3) is 69.6 Å². The van der Waals surface area contributed by atoms with Gasteiger partial charge in [0.1, 0.15) is 8.07 Å². The molecule has 1 unspecified atom stereocenters. The summed E-state index contributed by atoms with van der Waals surface area (Å²) in [6, 6.07) is 82.6. The van der Waals surface area contributed by atoms with Crippen LogP contribution in [0, 0.1) is 0 Å². The number of hydrogen-bond donors (Lipinski definition) is 0. The lowest BCUT2D eigenvalue weighted by atomic mass is 9.59. The largest absolute Gasteiger partial charge is 0.310 e. The van der Waals surface area contributed by atoms with Crippen molar-refractivity contribution >= 4 is 99.6 Å². The molecule has 65 heavy (non-hydrogen) atoms. The maximum Gasteiger partial charge on any atom is 0.113 e. The molecule has 2 aliphatic rings. The number of fused-ring (bicyclic) bond motifs is 14. The molecule has 0 saturated carbocycles. The van der Waals surface area contributed by atoms with Crippen LogP contribution in [-0.2, 0) is 5.41 Å². The third kappa shape index (κ3) is 4.93. The second-order valence-electron chi connectivity index (χ2n) is 18.4. The molecule has 3 heterocycles. The van der Waals surface area contributed by atoms with Gasteiger partial charge in [0.25, 0.3) is 0 Å². The van der Waals surface area contributed by atoms with Gasteiger partial charge in [-0.05, 0) is 121 Å². The van der Waals surface area contributed by atoms with E-state index >= 15 is 0 Å². The molecule has 0 amide bonds. The fourth-order valence-electron chi connectivity index (χ4n) is 12.1. The van der Waals surface area contributed by atoms with E-state index < -0.39 is 13.5 Å². The van der Waals surface area contributed by atoms with E-state index in [0.29, 0.717) is 0 Å². The molecule has 1 atom stereocenters. The monoisotopic (exact) mass is 862 g/mol. The minimum atomic E-state index is -2.30. The molecule has 0 radical (unpaired) electrons. The smallest absolute Gasteiger partial charge is 0.113 e. The molecular formula is C61H42N2SSi. The summed E-state index contributed by atoms with van der Waals surface area (Å²) in [7, 11) is -2.30. The van der Waals surface area contributed by atoms with E-state index in [1.165, 1.54) is 108 Å². The summed E-state index contributed by atoms with van der Waals surface area (Å²) < 4.78 is 5.12. The first-order valence-electron chi connectivity index (χ1n) is 22.7. The molecule has 4 heteroatoms. The summed E-state index contributed by atoms with van der Waals surface area (Å²) >= 11 is 1.87. The van der Waals surface area contributed by atoms with Gasteiger partial charge in [-0.3, -0.25) is 0 Å². The lowest BCUT2D eigenvalue weighted by Crippen LogP contribution is -2.63. The number of thiophene rings is 1. The van der Waals surface area contributed by atoms with Gasteiger partial charge in [0, 0.05) is 48.0 Å². The summed E-state index contributed by atoms with van der Waals surface area (Å²) in [4.78, 5) is 2.49. The molecule has 0 saturated heterocycles. The van der Waals surface area contributed by atoms with Gasteiger partial charge >= 0.3 is 0 Å². The van der Waals surface area contributed by atoms with Crippen molar-refractivity contribution in [2.75, 3.05) is 4.90 Å². The summed E-state index contributed by atoms with van der Waals surface area (Å²) in [5, 5.41) is 10.7. The molecule has 306 valence electrons. The van der Waals surface area contributed by atoms with Crippen LogP contribution in [0.5, 0.6) is 0 Å². The molecule has 10 aromatic carbocycles. The molecule has 1 aliphatic carbocycles. The van der Waals surface area contributed by atoms with Crippen molar-refractivity contribution in [2.24, 2.45) is 0 Å². The number of anilines is 3. The number of benzene rings is 10. The highest BCUT2D eigenvalue weighted by molar-refractivity contribution is 7.25. The van der Waals surface area contributed by atoms with E-state index in [0.717, 1.165) is 11.4 Å². The zero-order valence-electron chi connectivity index (χ0n) is 36.1. The van der Waals surface area contributed by atoms with Crippen LogP contribution in [0.2, 0.25) is 13.1 Å². The first kappa shape index (κ1) is 36.9. The topological polar surface area (TPSA) is 8.17 Å². The summed E-state index contributed by atoms with van der Waals surface area (Å²) in [6.07, 6.45) is 0. The van der Waals surface area contributed by atoms with E-state index in [-0.39, 0.29) is 0 Å². The second kappa shape index (κ2) is 13.5. The Hall–Kier alpha value is -7.50. The summed E-state index contributed by atoms with van der Waals surface area (Å²) in [6.45, 7) is 5.13. The summed E-state index contributed by atoms with van der Waals surface area (Å²) in [5.74, 6) is 0. The number of para-hydroxylation sites is 2. The standard InChI is InChI=1S/C61H42N2SSi/c1-65(2)57-32-13-10-26-49(57)61(48-25-9-6-21-43(48)45-24-14-17-39-18-15-27-51(61)59(39)45)50-35-33-42(38-58(50)65)62(40-19-4-3-5-20-40)41-34-36-53-47(37-41)44-22-7-11-28-52(44)63(53)54-29-16-31-56-60(54)46-23-8-12-30-55(46)64-56/h3-38H,1-2H3. The van der Waals surface area contributed by atoms with Crippen molar-refractivity contribution in [1.82, 2.24) is 4.57 Å². The van der Waals surface area contributed by atoms with Gasteiger partial charge in [-0.15, -0.1) is 11.3 Å². The molecule has 14 rings (SSSR count). The molecule has 1 aliphatic heterocycles. The Balaban J connectivity index is 1.02. The van der Waals surface area contributed by atoms with Crippen LogP contribution >= 0.6 is 11.3 Å². The molecule has 2 nitrogen and oxygen atoms in total. The zero-order chi connectivity index (χ0) is 43.0. The third-order valence-electron chi connectivity index (χ3n) is 14.8. The summed E-state index contributed by atoms with van der Waals surface area (Å²) in [5.41, 5.74) is 14.8. The van der Waals surface area contributed by atoms with Crippen molar-refractivity contribution in [3.05, 3.63) is 241 Å². The van der Waals surface area contributed by atoms with Gasteiger partial charge in [0.05, 0.1) is 22.1 Å². The lowest BCUT2D eigenvalue weighted by molar-refractivity contribution is 0.754. The van der Waals surface area contributed by atoms with E-state index in [4.69, 9.17) is 0 Å². The van der Waals surface area contributed by atoms with Gasteiger partial charge in [-0.25, -0.2) is 0 Å². The first-order chi connectivity index (χ1) is 32.0. The number of hydrogen-bond acceptors (Lipinski definition) is 2. The maximum absolute atomic E-state index is 2.57. The normalized spacial score (nSPS) is 15.7. The van der Waals surface area contributed by atoms with Crippen LogP contribution in [-0.4, -0.2) is 12.6 Å². The second-order valence-corrected chi connectivity index (χ2v) is 23.8. The quantitative estimate of drug-likeness (QED) is 0.160. The minimum absolute atomic E-state index is 0.480. The number of nitrogens with zero attached hydrogens (tertiary/aromatic N) is 2. The fraction of sp³-hybridized carbons (Fsp3) is 0.0492. The van der Waals surface area contributed by atoms with Crippen molar-refractivity contribution in [2.45, 2.75) is 18.5 Å². The molecule has 0 N–H and O–H groups in total. The van der Waals surface area contributed by atoms with Crippen molar-refractivity contribution in [3.8, 4) is 16.8 Å². The Bertz CT molecular complexity index is 3950. The SMILES string of the molecule is C[Si]1(C)c2ccccc2C2(c3ccccc3-c3cccc4cccc2c34)c2ccc(N(c3ccccc3)c3ccc4c(c3)c3ccccc3n4-c3cccc4sc5ccccc5c34)cc21. The Morgan fingerprint density at radius 1 is 0.415 bits per heavy atom. The third-order valence-corrected chi connectivity index (χ3v) is 19.5. The van der Waals surface area contributed by atoms with E-state index in [1.807, 2.05) is 11.3 Å². The van der Waals surface area contributed by atoms with Gasteiger partial charge in [-0.1, -0.05) is 165 Å². The molecule has 1 spiro atoms. The van der Waals surface area contributed by atoms with Crippen molar-refractivity contribution in [1.29, 1.82) is 0 Å². The van der Waals surface area contributed by atoms with Gasteiger partial charge in [0.2, 0.25) is 0 Å². The highest BCUT2D eigenvalue weighted by Crippen LogP contribution is 2.56. The van der Waals surface area contributed by atoms with Crippen LogP contribution in [0.15, 0.2) is 218 Å². The Morgan fingerprint density at radius 2 is 1.05 bits per heavy atom. The predicted octanol–water partition coefficient (Wildman–Crippen LogP) is 15.3. The van der Waals surface area contributed by atoms with Gasteiger partial charge in [-0.2, -0.15) is 0 Å². The maximum atomic E-state index is 2.57. The first-order valence-corrected chi connectivity index (χ1v) is 26.5. The zero-order valence-corrected chi connectivity index (χ0v) is 37.9. The average Bonchev–Trinajstić information content (AvgIpc) is 3.91. The number of aromatic nitrogens is 1. The Labute approximate surface area is 382 Å². The molecular weight excluding hydrogens is 821 g/mol. The Kier molecular flexibility index (Phi) is 7.67. The van der Waals surface area contributed by atoms with Crippen LogP contribution in [0.1, 0.15) is 22.3 Å². The molecule has 0 fully saturated rings. The predicted molar refractivity (Wildman–Crippen MR) is 280 cm³/mol. The van der Waals surface area contributed by atoms with Gasteiger partial charge in [0.15, 0.2) is 0 Å². The fourth-order valence-corrected chi connectivity index (χ4v) is 16.5. The van der Waals surface area contributed by atoms with Crippen molar-refractivity contribution in [3.63, 3.8) is 0 Å². The molecule has 0 bridgehead atoms. The van der Waals surface area contributed by atoms with E-state index in [9.17, 15) is 0 Å². The van der Waals surface area contributed by atoms with E-state index in [1.54, 1.807) is 0 Å². The number of rotatable bonds is 4. The van der Waals surface area contributed by atoms with Crippen LogP contribution in [0.4, 0.5) is 17.1 Å². The van der Waals surface area contributed by atoms with E-state index in [2.05, 4.69) is 241 Å². The minimum Gasteiger partial charge on any atom is -0.310 e. The highest BCUT2D eigenvalue weighted by atomic mass is 32.1. The lowest BCUT2D eigenvalue weighted by Gasteiger charge is -2.50. The van der Waals surface area contributed by atoms with Crippen LogP contribution in [0.3, 0.4) is 0 Å². The van der Waals surface area contributed by atoms with Crippen molar-refractivity contribution < 1.29 is 0 Å². The Morgan fingerprint density at radius 3 is 1.94 bits per heavy atom. The molecule has 2 aromatic heterocycles.